The maximum atomic E-state index is 13.7. The van der Waals surface area contributed by atoms with Crippen LogP contribution in [-0.2, 0) is 0 Å². The Labute approximate surface area is 165 Å². The summed E-state index contributed by atoms with van der Waals surface area (Å²) in [6, 6.07) is 10.1. The molecule has 9 heteroatoms. The first-order valence-electron chi connectivity index (χ1n) is 8.70. The molecule has 0 fully saturated rings. The van der Waals surface area contributed by atoms with Crippen molar-refractivity contribution in [3.8, 4) is 5.82 Å². The zero-order chi connectivity index (χ0) is 20.2. The SMILES string of the molecule is Cc1nc(Nc2ccc(NC(=O)c3ccncc3F)cc2)cc(-n2ccnc2)n1. The molecule has 3 heterocycles. The Morgan fingerprint density at radius 1 is 1.03 bits per heavy atom. The van der Waals surface area contributed by atoms with Crippen LogP contribution in [0.3, 0.4) is 0 Å². The largest absolute Gasteiger partial charge is 0.340 e. The zero-order valence-corrected chi connectivity index (χ0v) is 15.4. The Balaban J connectivity index is 1.48. The van der Waals surface area contributed by atoms with Gasteiger partial charge in [-0.15, -0.1) is 0 Å². The van der Waals surface area contributed by atoms with Crippen molar-refractivity contribution in [1.29, 1.82) is 0 Å². The highest BCUT2D eigenvalue weighted by Crippen LogP contribution is 2.20. The highest BCUT2D eigenvalue weighted by Gasteiger charge is 2.11. The quantitative estimate of drug-likeness (QED) is 0.542. The van der Waals surface area contributed by atoms with Gasteiger partial charge in [0.05, 0.1) is 11.8 Å². The van der Waals surface area contributed by atoms with Crippen molar-refractivity contribution in [2.24, 2.45) is 0 Å². The fourth-order valence-corrected chi connectivity index (χ4v) is 2.69. The standard InChI is InChI=1S/C20H16FN7O/c1-13-24-18(10-19(25-13)28-9-8-23-12-28)26-14-2-4-15(5-3-14)27-20(29)16-6-7-22-11-17(16)21/h2-12H,1H3,(H,27,29)(H,24,25,26). The molecule has 0 radical (unpaired) electrons. The van der Waals surface area contributed by atoms with E-state index in [2.05, 4.69) is 30.6 Å². The predicted octanol–water partition coefficient (Wildman–Crippen LogP) is 3.50. The van der Waals surface area contributed by atoms with Gasteiger partial charge < -0.3 is 10.6 Å². The summed E-state index contributed by atoms with van der Waals surface area (Å²) < 4.78 is 15.5. The van der Waals surface area contributed by atoms with Crippen LogP contribution < -0.4 is 10.6 Å². The monoisotopic (exact) mass is 389 g/mol. The predicted molar refractivity (Wildman–Crippen MR) is 106 cm³/mol. The Morgan fingerprint density at radius 2 is 1.83 bits per heavy atom. The number of anilines is 3. The Hall–Kier alpha value is -4.14. The van der Waals surface area contributed by atoms with Gasteiger partial charge >= 0.3 is 0 Å². The number of aromatic nitrogens is 5. The Bertz CT molecular complexity index is 1140. The first kappa shape index (κ1) is 18.2. The first-order chi connectivity index (χ1) is 14.1. The van der Waals surface area contributed by atoms with E-state index in [0.717, 1.165) is 11.9 Å². The van der Waals surface area contributed by atoms with Gasteiger partial charge in [0, 0.05) is 36.0 Å². The molecule has 1 amide bonds. The summed E-state index contributed by atoms with van der Waals surface area (Å²) in [6.45, 7) is 1.81. The zero-order valence-electron chi connectivity index (χ0n) is 15.4. The van der Waals surface area contributed by atoms with E-state index in [9.17, 15) is 9.18 Å². The molecule has 0 saturated heterocycles. The van der Waals surface area contributed by atoms with E-state index in [-0.39, 0.29) is 5.56 Å². The van der Waals surface area contributed by atoms with Gasteiger partial charge in [0.25, 0.3) is 5.91 Å². The van der Waals surface area contributed by atoms with Gasteiger partial charge in [0.15, 0.2) is 5.82 Å². The van der Waals surface area contributed by atoms with E-state index in [1.807, 2.05) is 6.92 Å². The second kappa shape index (κ2) is 7.85. The number of pyridine rings is 1. The molecule has 0 unspecified atom stereocenters. The molecule has 3 aromatic heterocycles. The molecule has 4 aromatic rings. The number of hydrogen-bond acceptors (Lipinski definition) is 6. The van der Waals surface area contributed by atoms with E-state index >= 15 is 0 Å². The number of imidazole rings is 1. The minimum Gasteiger partial charge on any atom is -0.340 e. The van der Waals surface area contributed by atoms with Crippen molar-refractivity contribution in [1.82, 2.24) is 24.5 Å². The third-order valence-electron chi connectivity index (χ3n) is 4.03. The van der Waals surface area contributed by atoms with Gasteiger partial charge in [0.1, 0.15) is 23.8 Å². The lowest BCUT2D eigenvalue weighted by Gasteiger charge is -2.10. The normalized spacial score (nSPS) is 10.6. The molecule has 0 aliphatic heterocycles. The summed E-state index contributed by atoms with van der Waals surface area (Å²) in [5, 5.41) is 5.86. The number of carbonyl (C=O) groups excluding carboxylic acids is 1. The lowest BCUT2D eigenvalue weighted by atomic mass is 10.2. The van der Waals surface area contributed by atoms with Crippen molar-refractivity contribution in [3.63, 3.8) is 0 Å². The van der Waals surface area contributed by atoms with Crippen LogP contribution in [0, 0.1) is 12.7 Å². The number of aryl methyl sites for hydroxylation is 1. The molecule has 0 aliphatic carbocycles. The van der Waals surface area contributed by atoms with E-state index in [1.54, 1.807) is 53.6 Å². The third-order valence-corrected chi connectivity index (χ3v) is 4.03. The molecule has 8 nitrogen and oxygen atoms in total. The molecule has 0 spiro atoms. The highest BCUT2D eigenvalue weighted by molar-refractivity contribution is 6.04. The van der Waals surface area contributed by atoms with Gasteiger partial charge in [-0.1, -0.05) is 0 Å². The fourth-order valence-electron chi connectivity index (χ4n) is 2.69. The number of benzene rings is 1. The van der Waals surface area contributed by atoms with Crippen LogP contribution in [0.15, 0.2) is 67.5 Å². The lowest BCUT2D eigenvalue weighted by molar-refractivity contribution is 0.102. The summed E-state index contributed by atoms with van der Waals surface area (Å²) >= 11 is 0. The number of carbonyl (C=O) groups is 1. The average Bonchev–Trinajstić information content (AvgIpc) is 3.24. The summed E-state index contributed by atoms with van der Waals surface area (Å²) in [4.78, 5) is 28.6. The minimum atomic E-state index is -0.670. The maximum Gasteiger partial charge on any atom is 0.258 e. The molecule has 0 bridgehead atoms. The van der Waals surface area contributed by atoms with Crippen LogP contribution in [0.4, 0.5) is 21.6 Å². The number of rotatable bonds is 5. The molecule has 0 aliphatic rings. The van der Waals surface area contributed by atoms with Crippen LogP contribution >= 0.6 is 0 Å². The topological polar surface area (TPSA) is 97.6 Å². The van der Waals surface area contributed by atoms with Crippen LogP contribution in [0.2, 0.25) is 0 Å². The van der Waals surface area contributed by atoms with E-state index in [1.165, 1.54) is 12.3 Å². The minimum absolute atomic E-state index is 0.0642. The van der Waals surface area contributed by atoms with E-state index in [4.69, 9.17) is 0 Å². The van der Waals surface area contributed by atoms with Gasteiger partial charge in [-0.05, 0) is 37.3 Å². The molecule has 4 rings (SSSR count). The second-order valence-electron chi connectivity index (χ2n) is 6.14. The molecule has 29 heavy (non-hydrogen) atoms. The smallest absolute Gasteiger partial charge is 0.258 e. The molecule has 144 valence electrons. The van der Waals surface area contributed by atoms with E-state index in [0.29, 0.717) is 23.1 Å². The van der Waals surface area contributed by atoms with Gasteiger partial charge in [-0.25, -0.2) is 19.3 Å². The number of hydrogen-bond donors (Lipinski definition) is 2. The van der Waals surface area contributed by atoms with Crippen LogP contribution in [-0.4, -0.2) is 30.4 Å². The fraction of sp³-hybridized carbons (Fsp3) is 0.0500. The summed E-state index contributed by atoms with van der Waals surface area (Å²) in [6.07, 6.45) is 7.51. The van der Waals surface area contributed by atoms with Gasteiger partial charge in [-0.2, -0.15) is 0 Å². The first-order valence-corrected chi connectivity index (χ1v) is 8.70. The van der Waals surface area contributed by atoms with Crippen molar-refractivity contribution in [2.75, 3.05) is 10.6 Å². The summed E-state index contributed by atoms with van der Waals surface area (Å²) in [7, 11) is 0. The van der Waals surface area contributed by atoms with Crippen molar-refractivity contribution >= 4 is 23.1 Å². The second-order valence-corrected chi connectivity index (χ2v) is 6.14. The molecule has 0 saturated carbocycles. The Kier molecular flexibility index (Phi) is 4.93. The number of nitrogens with zero attached hydrogens (tertiary/aromatic N) is 5. The van der Waals surface area contributed by atoms with Crippen molar-refractivity contribution in [3.05, 3.63) is 84.7 Å². The maximum absolute atomic E-state index is 13.7. The van der Waals surface area contributed by atoms with Gasteiger partial charge in [0.2, 0.25) is 0 Å². The molecule has 2 N–H and O–H groups in total. The summed E-state index contributed by atoms with van der Waals surface area (Å²) in [5.41, 5.74) is 1.24. The molecular formula is C20H16FN7O. The number of nitrogens with one attached hydrogen (secondary N) is 2. The molecule has 0 atom stereocenters. The molecular weight excluding hydrogens is 373 g/mol. The third kappa shape index (κ3) is 4.24. The number of halogens is 1. The Morgan fingerprint density at radius 3 is 2.55 bits per heavy atom. The van der Waals surface area contributed by atoms with Crippen molar-refractivity contribution < 1.29 is 9.18 Å². The lowest BCUT2D eigenvalue weighted by Crippen LogP contribution is -2.13. The summed E-state index contributed by atoms with van der Waals surface area (Å²) in [5.74, 6) is 0.720. The van der Waals surface area contributed by atoms with Crippen molar-refractivity contribution in [2.45, 2.75) is 6.92 Å². The van der Waals surface area contributed by atoms with Crippen LogP contribution in [0.1, 0.15) is 16.2 Å². The number of amides is 1. The molecule has 1 aromatic carbocycles. The van der Waals surface area contributed by atoms with E-state index < -0.39 is 11.7 Å². The van der Waals surface area contributed by atoms with Gasteiger partial charge in [-0.3, -0.25) is 14.3 Å². The average molecular weight is 389 g/mol. The highest BCUT2D eigenvalue weighted by atomic mass is 19.1. The van der Waals surface area contributed by atoms with Crippen LogP contribution in [0.25, 0.3) is 5.82 Å². The van der Waals surface area contributed by atoms with Crippen LogP contribution in [0.5, 0.6) is 0 Å².